The Balaban J connectivity index is 2.35. The van der Waals surface area contributed by atoms with E-state index in [4.69, 9.17) is 4.74 Å². The summed E-state index contributed by atoms with van der Waals surface area (Å²) in [6.45, 7) is 7.15. The predicted molar refractivity (Wildman–Crippen MR) is 74.2 cm³/mol. The predicted octanol–water partition coefficient (Wildman–Crippen LogP) is 1.09. The van der Waals surface area contributed by atoms with Gasteiger partial charge in [0.1, 0.15) is 6.10 Å². The molecule has 0 aromatic carbocycles. The molecule has 106 valence electrons. The molecule has 1 rings (SSSR count). The largest absolute Gasteiger partial charge is 0.369 e. The Morgan fingerprint density at radius 3 is 2.84 bits per heavy atom. The summed E-state index contributed by atoms with van der Waals surface area (Å²) in [6, 6.07) is 5.19. The number of nitrogens with one attached hydrogen (secondary N) is 1. The van der Waals surface area contributed by atoms with E-state index in [1.54, 1.807) is 23.6 Å². The molecule has 1 N–H and O–H groups in total. The molecule has 0 fully saturated rings. The first-order valence-corrected chi connectivity index (χ1v) is 6.62. The molecule has 1 aromatic heterocycles. The monoisotopic (exact) mass is 266 g/mol. The summed E-state index contributed by atoms with van der Waals surface area (Å²) in [5.41, 5.74) is 0.926. The van der Waals surface area contributed by atoms with Crippen molar-refractivity contribution < 1.29 is 9.53 Å². The van der Waals surface area contributed by atoms with E-state index in [2.05, 4.69) is 5.32 Å². The summed E-state index contributed by atoms with van der Waals surface area (Å²) in [4.78, 5) is 23.2. The molecule has 0 aliphatic heterocycles. The molecule has 1 amide bonds. The SMILES string of the molecule is CCOC(C)C(=O)NCCCn1c(C)cccc1=O. The van der Waals surface area contributed by atoms with Crippen LogP contribution in [0.3, 0.4) is 0 Å². The summed E-state index contributed by atoms with van der Waals surface area (Å²) in [6.07, 6.45) is 0.293. The molecule has 1 atom stereocenters. The average molecular weight is 266 g/mol. The van der Waals surface area contributed by atoms with Crippen molar-refractivity contribution in [2.45, 2.75) is 39.8 Å². The molecule has 0 aliphatic rings. The van der Waals surface area contributed by atoms with Crippen LogP contribution in [0.15, 0.2) is 23.0 Å². The van der Waals surface area contributed by atoms with Crippen LogP contribution < -0.4 is 10.9 Å². The highest BCUT2D eigenvalue weighted by Crippen LogP contribution is 1.95. The molecular weight excluding hydrogens is 244 g/mol. The van der Waals surface area contributed by atoms with Crippen molar-refractivity contribution in [2.75, 3.05) is 13.2 Å². The summed E-state index contributed by atoms with van der Waals surface area (Å²) in [5, 5.41) is 2.80. The lowest BCUT2D eigenvalue weighted by atomic mass is 10.3. The van der Waals surface area contributed by atoms with Crippen LogP contribution in [0.2, 0.25) is 0 Å². The van der Waals surface area contributed by atoms with Crippen molar-refractivity contribution in [3.05, 3.63) is 34.2 Å². The van der Waals surface area contributed by atoms with Gasteiger partial charge in [-0.25, -0.2) is 0 Å². The summed E-state index contributed by atoms with van der Waals surface area (Å²) in [5.74, 6) is -0.112. The normalized spacial score (nSPS) is 12.2. The van der Waals surface area contributed by atoms with Crippen LogP contribution >= 0.6 is 0 Å². The van der Waals surface area contributed by atoms with Crippen LogP contribution in [0.25, 0.3) is 0 Å². The van der Waals surface area contributed by atoms with Gasteiger partial charge < -0.3 is 14.6 Å². The molecule has 5 nitrogen and oxygen atoms in total. The van der Waals surface area contributed by atoms with E-state index < -0.39 is 6.10 Å². The van der Waals surface area contributed by atoms with Gasteiger partial charge in [-0.2, -0.15) is 0 Å². The Morgan fingerprint density at radius 1 is 1.47 bits per heavy atom. The quantitative estimate of drug-likeness (QED) is 0.751. The summed E-state index contributed by atoms with van der Waals surface area (Å²) in [7, 11) is 0. The highest BCUT2D eigenvalue weighted by atomic mass is 16.5. The average Bonchev–Trinajstić information content (AvgIpc) is 2.37. The third kappa shape index (κ3) is 4.87. The van der Waals surface area contributed by atoms with Crippen molar-refractivity contribution in [3.63, 3.8) is 0 Å². The van der Waals surface area contributed by atoms with Crippen LogP contribution in [0.5, 0.6) is 0 Å². The van der Waals surface area contributed by atoms with Crippen molar-refractivity contribution in [1.82, 2.24) is 9.88 Å². The van der Waals surface area contributed by atoms with Gasteiger partial charge in [0.2, 0.25) is 5.91 Å². The number of carbonyl (C=O) groups excluding carboxylic acids is 1. The minimum Gasteiger partial charge on any atom is -0.369 e. The topological polar surface area (TPSA) is 60.3 Å². The fourth-order valence-corrected chi connectivity index (χ4v) is 1.83. The molecular formula is C14H22N2O3. The summed E-state index contributed by atoms with van der Waals surface area (Å²) < 4.78 is 6.90. The Labute approximate surface area is 113 Å². The molecule has 0 spiro atoms. The Hall–Kier alpha value is -1.62. The number of hydrogen-bond acceptors (Lipinski definition) is 3. The molecule has 1 unspecified atom stereocenters. The van der Waals surface area contributed by atoms with Gasteiger partial charge in [-0.15, -0.1) is 0 Å². The smallest absolute Gasteiger partial charge is 0.250 e. The molecule has 0 bridgehead atoms. The number of ether oxygens (including phenoxy) is 1. The second kappa shape index (κ2) is 7.74. The summed E-state index contributed by atoms with van der Waals surface area (Å²) >= 11 is 0. The van der Waals surface area contributed by atoms with E-state index in [1.165, 1.54) is 0 Å². The fraction of sp³-hybridized carbons (Fsp3) is 0.571. The number of amides is 1. The number of carbonyl (C=O) groups is 1. The maximum Gasteiger partial charge on any atom is 0.250 e. The minimum atomic E-state index is -0.425. The Kier molecular flexibility index (Phi) is 6.29. The van der Waals surface area contributed by atoms with Crippen LogP contribution in [0.1, 0.15) is 26.0 Å². The van der Waals surface area contributed by atoms with E-state index in [0.29, 0.717) is 19.7 Å². The standard InChI is InChI=1S/C14H22N2O3/c1-4-19-12(3)14(18)15-9-6-10-16-11(2)7-5-8-13(16)17/h5,7-8,12H,4,6,9-10H2,1-3H3,(H,15,18). The zero-order valence-electron chi connectivity index (χ0n) is 11.8. The number of aromatic nitrogens is 1. The van der Waals surface area contributed by atoms with E-state index in [0.717, 1.165) is 12.1 Å². The molecule has 1 heterocycles. The lowest BCUT2D eigenvalue weighted by Gasteiger charge is -2.13. The maximum absolute atomic E-state index is 11.6. The van der Waals surface area contributed by atoms with Gasteiger partial charge in [0.25, 0.3) is 5.56 Å². The van der Waals surface area contributed by atoms with Crippen molar-refractivity contribution >= 4 is 5.91 Å². The second-order valence-electron chi connectivity index (χ2n) is 4.40. The third-order valence-electron chi connectivity index (χ3n) is 2.91. The van der Waals surface area contributed by atoms with Crippen LogP contribution in [-0.4, -0.2) is 29.7 Å². The van der Waals surface area contributed by atoms with Crippen LogP contribution in [-0.2, 0) is 16.1 Å². The van der Waals surface area contributed by atoms with Gasteiger partial charge in [0.15, 0.2) is 0 Å². The highest BCUT2D eigenvalue weighted by Gasteiger charge is 2.11. The lowest BCUT2D eigenvalue weighted by Crippen LogP contribution is -2.35. The van der Waals surface area contributed by atoms with Crippen molar-refractivity contribution in [1.29, 1.82) is 0 Å². The number of nitrogens with zero attached hydrogens (tertiary/aromatic N) is 1. The highest BCUT2D eigenvalue weighted by molar-refractivity contribution is 5.80. The van der Waals surface area contributed by atoms with Crippen molar-refractivity contribution in [2.24, 2.45) is 0 Å². The second-order valence-corrected chi connectivity index (χ2v) is 4.40. The first-order valence-electron chi connectivity index (χ1n) is 6.62. The lowest BCUT2D eigenvalue weighted by molar-refractivity contribution is -0.131. The first kappa shape index (κ1) is 15.4. The van der Waals surface area contributed by atoms with Crippen LogP contribution in [0, 0.1) is 6.92 Å². The number of hydrogen-bond donors (Lipinski definition) is 1. The van der Waals surface area contributed by atoms with Gasteiger partial charge in [0, 0.05) is 31.5 Å². The Morgan fingerprint density at radius 2 is 2.21 bits per heavy atom. The van der Waals surface area contributed by atoms with E-state index in [-0.39, 0.29) is 11.5 Å². The van der Waals surface area contributed by atoms with Gasteiger partial charge in [0.05, 0.1) is 0 Å². The van der Waals surface area contributed by atoms with E-state index in [9.17, 15) is 9.59 Å². The molecule has 0 saturated heterocycles. The Bertz CT molecular complexity index is 468. The van der Waals surface area contributed by atoms with Gasteiger partial charge in [-0.1, -0.05) is 6.07 Å². The van der Waals surface area contributed by atoms with Gasteiger partial charge in [-0.3, -0.25) is 9.59 Å². The van der Waals surface area contributed by atoms with Gasteiger partial charge >= 0.3 is 0 Å². The molecule has 0 saturated carbocycles. The molecule has 1 aromatic rings. The molecule has 19 heavy (non-hydrogen) atoms. The van der Waals surface area contributed by atoms with E-state index >= 15 is 0 Å². The molecule has 5 heteroatoms. The minimum absolute atomic E-state index is 0.00555. The van der Waals surface area contributed by atoms with Crippen LogP contribution in [0.4, 0.5) is 0 Å². The first-order chi connectivity index (χ1) is 9.06. The number of pyridine rings is 1. The number of rotatable bonds is 7. The maximum atomic E-state index is 11.6. The van der Waals surface area contributed by atoms with Gasteiger partial charge in [-0.05, 0) is 33.3 Å². The van der Waals surface area contributed by atoms with Crippen molar-refractivity contribution in [3.8, 4) is 0 Å². The molecule has 0 aliphatic carbocycles. The van der Waals surface area contributed by atoms with E-state index in [1.807, 2.05) is 19.9 Å². The number of aryl methyl sites for hydroxylation is 1. The molecule has 0 radical (unpaired) electrons. The zero-order chi connectivity index (χ0) is 14.3. The zero-order valence-corrected chi connectivity index (χ0v) is 11.8. The fourth-order valence-electron chi connectivity index (χ4n) is 1.83. The third-order valence-corrected chi connectivity index (χ3v) is 2.91.